The molecule has 1 saturated carbocycles. The van der Waals surface area contributed by atoms with E-state index in [1.54, 1.807) is 11.8 Å². The molecule has 0 radical (unpaired) electrons. The van der Waals surface area contributed by atoms with Crippen molar-refractivity contribution in [3.05, 3.63) is 30.3 Å². The van der Waals surface area contributed by atoms with E-state index in [4.69, 9.17) is 12.2 Å². The fourth-order valence-corrected chi connectivity index (χ4v) is 3.78. The van der Waals surface area contributed by atoms with E-state index < -0.39 is 0 Å². The Morgan fingerprint density at radius 3 is 2.70 bits per heavy atom. The van der Waals surface area contributed by atoms with Crippen molar-refractivity contribution in [3.8, 4) is 0 Å². The fraction of sp³-hybridized carbons (Fsp3) is 0.529. The Hall–Kier alpha value is -1.27. The zero-order valence-corrected chi connectivity index (χ0v) is 15.1. The molecule has 2 atom stereocenters. The van der Waals surface area contributed by atoms with E-state index in [0.717, 1.165) is 12.2 Å². The molecule has 3 N–H and O–H groups in total. The molecule has 1 aromatic rings. The van der Waals surface area contributed by atoms with Gasteiger partial charge in [0.15, 0.2) is 5.11 Å². The summed E-state index contributed by atoms with van der Waals surface area (Å²) in [7, 11) is 0. The van der Waals surface area contributed by atoms with Crippen molar-refractivity contribution in [2.24, 2.45) is 5.92 Å². The molecule has 1 aromatic carbocycles. The van der Waals surface area contributed by atoms with Crippen LogP contribution < -0.4 is 16.2 Å². The number of benzene rings is 1. The topological polar surface area (TPSA) is 53.2 Å². The van der Waals surface area contributed by atoms with Crippen LogP contribution in [0.1, 0.15) is 39.0 Å². The molecule has 1 aliphatic rings. The zero-order chi connectivity index (χ0) is 16.5. The second-order valence-electron chi connectivity index (χ2n) is 5.93. The van der Waals surface area contributed by atoms with Crippen molar-refractivity contribution in [2.45, 2.75) is 50.0 Å². The quantitative estimate of drug-likeness (QED) is 0.432. The molecule has 1 fully saturated rings. The van der Waals surface area contributed by atoms with E-state index in [-0.39, 0.29) is 5.91 Å². The maximum atomic E-state index is 11.8. The lowest BCUT2D eigenvalue weighted by molar-refractivity contribution is -0.121. The highest BCUT2D eigenvalue weighted by Crippen LogP contribution is 2.23. The first kappa shape index (κ1) is 18.1. The smallest absolute Gasteiger partial charge is 0.239 e. The van der Waals surface area contributed by atoms with Gasteiger partial charge in [-0.05, 0) is 43.1 Å². The molecule has 1 aliphatic carbocycles. The molecule has 126 valence electrons. The number of carbonyl (C=O) groups is 1. The van der Waals surface area contributed by atoms with Crippen LogP contribution in [0.5, 0.6) is 0 Å². The van der Waals surface area contributed by atoms with Crippen LogP contribution in [0.4, 0.5) is 0 Å². The molecule has 0 saturated heterocycles. The Kier molecular flexibility index (Phi) is 7.68. The maximum Gasteiger partial charge on any atom is 0.239 e. The lowest BCUT2D eigenvalue weighted by Crippen LogP contribution is -2.51. The SMILES string of the molecule is CC1CCCCC1NC(=S)NNC(=O)CCSc1ccccc1. The van der Waals surface area contributed by atoms with Crippen molar-refractivity contribution in [2.75, 3.05) is 5.75 Å². The average Bonchev–Trinajstić information content (AvgIpc) is 2.56. The number of thiocarbonyl (C=S) groups is 1. The van der Waals surface area contributed by atoms with Gasteiger partial charge in [-0.15, -0.1) is 11.8 Å². The van der Waals surface area contributed by atoms with Gasteiger partial charge in [-0.2, -0.15) is 0 Å². The summed E-state index contributed by atoms with van der Waals surface area (Å²) in [6.07, 6.45) is 5.38. The fourth-order valence-electron chi connectivity index (χ4n) is 2.70. The molecule has 0 aromatic heterocycles. The molecule has 23 heavy (non-hydrogen) atoms. The summed E-state index contributed by atoms with van der Waals surface area (Å²) in [4.78, 5) is 13.0. The predicted molar refractivity (Wildman–Crippen MR) is 100 cm³/mol. The zero-order valence-electron chi connectivity index (χ0n) is 13.5. The Bertz CT molecular complexity index is 510. The number of nitrogens with one attached hydrogen (secondary N) is 3. The second-order valence-corrected chi connectivity index (χ2v) is 7.50. The monoisotopic (exact) mass is 351 g/mol. The summed E-state index contributed by atoms with van der Waals surface area (Å²) in [6.45, 7) is 2.25. The molecule has 4 nitrogen and oxygen atoms in total. The third-order valence-corrected chi connectivity index (χ3v) is 5.32. The molecule has 0 spiro atoms. The molecule has 6 heteroatoms. The molecule has 1 amide bonds. The first-order valence-corrected chi connectivity index (χ1v) is 9.57. The lowest BCUT2D eigenvalue weighted by atomic mass is 9.86. The van der Waals surface area contributed by atoms with Crippen LogP contribution in [-0.2, 0) is 4.79 Å². The molecular weight excluding hydrogens is 326 g/mol. The van der Waals surface area contributed by atoms with Crippen molar-refractivity contribution >= 4 is 35.0 Å². The normalized spacial score (nSPS) is 20.6. The van der Waals surface area contributed by atoms with Gasteiger partial charge in [0.05, 0.1) is 0 Å². The van der Waals surface area contributed by atoms with Crippen LogP contribution in [0.25, 0.3) is 0 Å². The van der Waals surface area contributed by atoms with Gasteiger partial charge in [-0.25, -0.2) is 0 Å². The minimum atomic E-state index is -0.0470. The average molecular weight is 352 g/mol. The van der Waals surface area contributed by atoms with Gasteiger partial charge in [0.25, 0.3) is 0 Å². The molecule has 2 rings (SSSR count). The van der Waals surface area contributed by atoms with Crippen LogP contribution in [-0.4, -0.2) is 22.8 Å². The van der Waals surface area contributed by atoms with E-state index in [2.05, 4.69) is 23.1 Å². The highest BCUT2D eigenvalue weighted by atomic mass is 32.2. The van der Waals surface area contributed by atoms with Gasteiger partial charge in [0.1, 0.15) is 0 Å². The molecule has 0 aliphatic heterocycles. The maximum absolute atomic E-state index is 11.8. The number of hydrazine groups is 1. The van der Waals surface area contributed by atoms with Crippen LogP contribution >= 0.6 is 24.0 Å². The van der Waals surface area contributed by atoms with Crippen LogP contribution in [0.15, 0.2) is 35.2 Å². The highest BCUT2D eigenvalue weighted by Gasteiger charge is 2.21. The van der Waals surface area contributed by atoms with Gasteiger partial charge in [0, 0.05) is 23.1 Å². The van der Waals surface area contributed by atoms with Gasteiger partial charge in [-0.1, -0.05) is 38.0 Å². The van der Waals surface area contributed by atoms with Crippen molar-refractivity contribution in [3.63, 3.8) is 0 Å². The Morgan fingerprint density at radius 2 is 1.96 bits per heavy atom. The summed E-state index contributed by atoms with van der Waals surface area (Å²) in [5.41, 5.74) is 5.48. The van der Waals surface area contributed by atoms with Crippen molar-refractivity contribution < 1.29 is 4.79 Å². The molecule has 0 heterocycles. The number of hydrogen-bond acceptors (Lipinski definition) is 3. The summed E-state index contributed by atoms with van der Waals surface area (Å²) in [5.74, 6) is 1.33. The second kappa shape index (κ2) is 9.78. The molecule has 0 bridgehead atoms. The predicted octanol–water partition coefficient (Wildman–Crippen LogP) is 3.24. The van der Waals surface area contributed by atoms with E-state index >= 15 is 0 Å². The van der Waals surface area contributed by atoms with Gasteiger partial charge in [-0.3, -0.25) is 15.6 Å². The van der Waals surface area contributed by atoms with E-state index in [9.17, 15) is 4.79 Å². The van der Waals surface area contributed by atoms with Gasteiger partial charge >= 0.3 is 0 Å². The summed E-state index contributed by atoms with van der Waals surface area (Å²) in [6, 6.07) is 10.5. The molecule has 2 unspecified atom stereocenters. The summed E-state index contributed by atoms with van der Waals surface area (Å²) in [5, 5.41) is 3.81. The first-order chi connectivity index (χ1) is 11.1. The number of thioether (sulfide) groups is 1. The Balaban J connectivity index is 1.59. The number of hydrogen-bond donors (Lipinski definition) is 3. The number of rotatable bonds is 5. The summed E-state index contributed by atoms with van der Waals surface area (Å²) < 4.78 is 0. The van der Waals surface area contributed by atoms with Crippen LogP contribution in [0.2, 0.25) is 0 Å². The van der Waals surface area contributed by atoms with Crippen molar-refractivity contribution in [1.29, 1.82) is 0 Å². The first-order valence-electron chi connectivity index (χ1n) is 8.18. The van der Waals surface area contributed by atoms with Gasteiger partial charge < -0.3 is 5.32 Å². The number of amides is 1. The van der Waals surface area contributed by atoms with E-state index in [1.807, 2.05) is 30.3 Å². The summed E-state index contributed by atoms with van der Waals surface area (Å²) >= 11 is 6.93. The largest absolute Gasteiger partial charge is 0.358 e. The minimum absolute atomic E-state index is 0.0470. The third-order valence-electron chi connectivity index (χ3n) is 4.08. The third kappa shape index (κ3) is 6.79. The molecular formula is C17H25N3OS2. The van der Waals surface area contributed by atoms with Crippen LogP contribution in [0.3, 0.4) is 0 Å². The van der Waals surface area contributed by atoms with Gasteiger partial charge in [0.2, 0.25) is 5.91 Å². The van der Waals surface area contributed by atoms with Crippen molar-refractivity contribution in [1.82, 2.24) is 16.2 Å². The van der Waals surface area contributed by atoms with Crippen LogP contribution in [0, 0.1) is 5.92 Å². The lowest BCUT2D eigenvalue weighted by Gasteiger charge is -2.30. The standard InChI is InChI=1S/C17H25N3OS2/c1-13-7-5-6-10-15(13)18-17(22)20-19-16(21)11-12-23-14-8-3-2-4-9-14/h2-4,8-9,13,15H,5-7,10-12H2,1H3,(H,19,21)(H2,18,20,22). The van der Waals surface area contributed by atoms with E-state index in [0.29, 0.717) is 23.5 Å². The Labute approximate surface area is 148 Å². The Morgan fingerprint density at radius 1 is 1.22 bits per heavy atom. The minimum Gasteiger partial charge on any atom is -0.358 e. The van der Waals surface area contributed by atoms with E-state index in [1.165, 1.54) is 24.2 Å². The highest BCUT2D eigenvalue weighted by molar-refractivity contribution is 7.99. The number of carbonyl (C=O) groups excluding carboxylic acids is 1.